The molecule has 1 unspecified atom stereocenters. The van der Waals surface area contributed by atoms with Crippen molar-refractivity contribution in [2.75, 3.05) is 5.75 Å². The Labute approximate surface area is 163 Å². The number of carbonyl (C=O) groups excluding carboxylic acids is 1. The molecule has 136 valence electrons. The van der Waals surface area contributed by atoms with Crippen LogP contribution in [0.25, 0.3) is 10.1 Å². The maximum Gasteiger partial charge on any atom is 0.244 e. The summed E-state index contributed by atoms with van der Waals surface area (Å²) < 4.78 is 1.30. The van der Waals surface area contributed by atoms with E-state index in [1.807, 2.05) is 11.8 Å². The molecule has 0 saturated carbocycles. The Morgan fingerprint density at radius 1 is 1.40 bits per heavy atom. The molecule has 0 saturated heterocycles. The molecule has 1 aliphatic heterocycles. The SMILES string of the molecule is CC(C)(C)C1CCc2c(ccc3scc(CONC(=O)CCS)c23)S1. The molecule has 1 amide bonds. The normalized spacial score (nSPS) is 17.5. The third-order valence-corrected chi connectivity index (χ3v) is 7.61. The first-order valence-corrected chi connectivity index (χ1v) is 11.0. The maximum atomic E-state index is 11.5. The van der Waals surface area contributed by atoms with E-state index < -0.39 is 0 Å². The molecule has 3 rings (SSSR count). The molecular weight excluding hydrogens is 370 g/mol. The highest BCUT2D eigenvalue weighted by Crippen LogP contribution is 2.46. The summed E-state index contributed by atoms with van der Waals surface area (Å²) >= 11 is 7.81. The van der Waals surface area contributed by atoms with Crippen LogP contribution in [-0.2, 0) is 22.7 Å². The zero-order valence-corrected chi connectivity index (χ0v) is 17.5. The van der Waals surface area contributed by atoms with Crippen molar-refractivity contribution >= 4 is 51.7 Å². The zero-order valence-electron chi connectivity index (χ0n) is 14.9. The van der Waals surface area contributed by atoms with Gasteiger partial charge in [0.1, 0.15) is 6.61 Å². The molecule has 25 heavy (non-hydrogen) atoms. The molecule has 3 nitrogen and oxygen atoms in total. The number of carbonyl (C=O) groups is 1. The molecule has 1 aromatic heterocycles. The first kappa shape index (κ1) is 19.1. The lowest BCUT2D eigenvalue weighted by Gasteiger charge is -2.34. The Morgan fingerprint density at radius 2 is 2.20 bits per heavy atom. The standard InChI is InChI=1S/C19H25NO2S3/c1-19(2,3)16-7-4-13-14(25-16)5-6-15-18(13)12(11-24-15)10-22-20-17(21)8-9-23/h5-6,11,16,23H,4,7-10H2,1-3H3,(H,20,21). The van der Waals surface area contributed by atoms with Crippen molar-refractivity contribution in [1.82, 2.24) is 5.48 Å². The van der Waals surface area contributed by atoms with Crippen LogP contribution in [0.2, 0.25) is 0 Å². The topological polar surface area (TPSA) is 38.3 Å². The summed E-state index contributed by atoms with van der Waals surface area (Å²) in [6, 6.07) is 4.50. The predicted molar refractivity (Wildman–Crippen MR) is 111 cm³/mol. The number of hydroxylamine groups is 1. The van der Waals surface area contributed by atoms with Crippen molar-refractivity contribution in [2.45, 2.75) is 56.8 Å². The van der Waals surface area contributed by atoms with E-state index in [0.29, 0.717) is 29.4 Å². The quantitative estimate of drug-likeness (QED) is 0.538. The van der Waals surface area contributed by atoms with Gasteiger partial charge in [-0.1, -0.05) is 20.8 Å². The third kappa shape index (κ3) is 4.35. The van der Waals surface area contributed by atoms with Crippen LogP contribution in [0.3, 0.4) is 0 Å². The lowest BCUT2D eigenvalue weighted by molar-refractivity contribution is -0.134. The van der Waals surface area contributed by atoms with Crippen molar-refractivity contribution < 1.29 is 9.63 Å². The van der Waals surface area contributed by atoms with Crippen molar-refractivity contribution in [2.24, 2.45) is 5.41 Å². The molecule has 0 fully saturated rings. The van der Waals surface area contributed by atoms with Gasteiger partial charge in [-0.05, 0) is 52.6 Å². The minimum absolute atomic E-state index is 0.125. The van der Waals surface area contributed by atoms with Crippen LogP contribution in [0.4, 0.5) is 0 Å². The molecule has 0 spiro atoms. The second-order valence-electron chi connectivity index (χ2n) is 7.48. The number of thiophene rings is 1. The van der Waals surface area contributed by atoms with Crippen molar-refractivity contribution in [3.05, 3.63) is 28.6 Å². The van der Waals surface area contributed by atoms with Gasteiger partial charge in [-0.2, -0.15) is 12.6 Å². The van der Waals surface area contributed by atoms with E-state index in [0.717, 1.165) is 12.0 Å². The zero-order chi connectivity index (χ0) is 18.0. The van der Waals surface area contributed by atoms with Gasteiger partial charge >= 0.3 is 0 Å². The number of amides is 1. The first-order chi connectivity index (χ1) is 11.9. The van der Waals surface area contributed by atoms with Gasteiger partial charge in [-0.3, -0.25) is 9.63 Å². The van der Waals surface area contributed by atoms with Crippen LogP contribution < -0.4 is 5.48 Å². The predicted octanol–water partition coefficient (Wildman–Crippen LogP) is 5.22. The molecule has 1 atom stereocenters. The second-order valence-corrected chi connectivity index (χ2v) is 10.1. The monoisotopic (exact) mass is 395 g/mol. The van der Waals surface area contributed by atoms with Crippen LogP contribution in [0.15, 0.2) is 22.4 Å². The van der Waals surface area contributed by atoms with Gasteiger partial charge in [-0.15, -0.1) is 23.1 Å². The molecule has 2 aromatic rings. The van der Waals surface area contributed by atoms with Gasteiger partial charge in [0.25, 0.3) is 0 Å². The van der Waals surface area contributed by atoms with Crippen LogP contribution in [0.5, 0.6) is 0 Å². The second kappa shape index (κ2) is 7.91. The van der Waals surface area contributed by atoms with Crippen molar-refractivity contribution in [3.8, 4) is 0 Å². The van der Waals surface area contributed by atoms with E-state index in [-0.39, 0.29) is 5.91 Å². The summed E-state index contributed by atoms with van der Waals surface area (Å²) in [5, 5.41) is 4.12. The van der Waals surface area contributed by atoms with E-state index >= 15 is 0 Å². The average Bonchev–Trinajstić information content (AvgIpc) is 2.97. The number of fused-ring (bicyclic) bond motifs is 3. The average molecular weight is 396 g/mol. The number of benzene rings is 1. The van der Waals surface area contributed by atoms with Crippen molar-refractivity contribution in [1.29, 1.82) is 0 Å². The van der Waals surface area contributed by atoms with E-state index in [4.69, 9.17) is 4.84 Å². The molecule has 1 aromatic carbocycles. The van der Waals surface area contributed by atoms with E-state index in [2.05, 4.69) is 56.4 Å². The highest BCUT2D eigenvalue weighted by molar-refractivity contribution is 8.00. The van der Waals surface area contributed by atoms with E-state index in [1.165, 1.54) is 27.0 Å². The number of rotatable bonds is 5. The third-order valence-electron chi connectivity index (χ3n) is 4.53. The lowest BCUT2D eigenvalue weighted by Crippen LogP contribution is -2.26. The summed E-state index contributed by atoms with van der Waals surface area (Å²) in [6.07, 6.45) is 2.68. The molecule has 1 aliphatic rings. The minimum atomic E-state index is -0.125. The van der Waals surface area contributed by atoms with Gasteiger partial charge in [0.15, 0.2) is 0 Å². The Hall–Kier alpha value is -0.690. The van der Waals surface area contributed by atoms with E-state index in [1.54, 1.807) is 11.3 Å². The lowest BCUT2D eigenvalue weighted by atomic mass is 9.87. The van der Waals surface area contributed by atoms with Crippen LogP contribution in [-0.4, -0.2) is 16.9 Å². The summed E-state index contributed by atoms with van der Waals surface area (Å²) in [7, 11) is 0. The smallest absolute Gasteiger partial charge is 0.244 e. The Morgan fingerprint density at radius 3 is 2.92 bits per heavy atom. The summed E-state index contributed by atoms with van der Waals surface area (Å²) in [6.45, 7) is 7.38. The van der Waals surface area contributed by atoms with Gasteiger partial charge in [0.05, 0.1) is 0 Å². The molecule has 6 heteroatoms. The number of thioether (sulfide) groups is 1. The van der Waals surface area contributed by atoms with Crippen LogP contribution >= 0.6 is 35.7 Å². The summed E-state index contributed by atoms with van der Waals surface area (Å²) in [5.41, 5.74) is 5.43. The fourth-order valence-electron chi connectivity index (χ4n) is 3.16. The maximum absolute atomic E-state index is 11.5. The molecule has 0 bridgehead atoms. The minimum Gasteiger partial charge on any atom is -0.273 e. The molecular formula is C19H25NO2S3. The fraction of sp³-hybridized carbons (Fsp3) is 0.526. The highest BCUT2D eigenvalue weighted by Gasteiger charge is 2.30. The Bertz CT molecular complexity index is 764. The number of aryl methyl sites for hydroxylation is 1. The molecule has 2 heterocycles. The first-order valence-electron chi connectivity index (χ1n) is 8.60. The summed E-state index contributed by atoms with van der Waals surface area (Å²) in [5.74, 6) is 0.399. The van der Waals surface area contributed by atoms with Crippen LogP contribution in [0, 0.1) is 5.41 Å². The fourth-order valence-corrected chi connectivity index (χ4v) is 5.73. The Kier molecular flexibility index (Phi) is 6.03. The number of hydrogen-bond donors (Lipinski definition) is 2. The number of hydrogen-bond acceptors (Lipinski definition) is 5. The van der Waals surface area contributed by atoms with Crippen LogP contribution in [0.1, 0.15) is 44.7 Å². The van der Waals surface area contributed by atoms with Gasteiger partial charge in [0, 0.05) is 26.7 Å². The number of thiol groups is 1. The van der Waals surface area contributed by atoms with Crippen molar-refractivity contribution in [3.63, 3.8) is 0 Å². The van der Waals surface area contributed by atoms with Gasteiger partial charge in [-0.25, -0.2) is 5.48 Å². The highest BCUT2D eigenvalue weighted by atomic mass is 32.2. The summed E-state index contributed by atoms with van der Waals surface area (Å²) in [4.78, 5) is 18.3. The number of nitrogens with one attached hydrogen (secondary N) is 1. The Balaban J connectivity index is 1.80. The molecule has 1 N–H and O–H groups in total. The van der Waals surface area contributed by atoms with Gasteiger partial charge in [0.2, 0.25) is 5.91 Å². The van der Waals surface area contributed by atoms with E-state index in [9.17, 15) is 4.79 Å². The molecule has 0 aliphatic carbocycles. The van der Waals surface area contributed by atoms with Gasteiger partial charge < -0.3 is 0 Å². The molecule has 0 radical (unpaired) electrons. The largest absolute Gasteiger partial charge is 0.273 e.